The summed E-state index contributed by atoms with van der Waals surface area (Å²) in [6.07, 6.45) is 0. The van der Waals surface area contributed by atoms with Crippen molar-refractivity contribution in [2.24, 2.45) is 7.05 Å². The van der Waals surface area contributed by atoms with Crippen molar-refractivity contribution >= 4 is 28.5 Å². The van der Waals surface area contributed by atoms with Crippen LogP contribution in [0.25, 0.3) is 15.9 Å². The first-order chi connectivity index (χ1) is 16.7. The summed E-state index contributed by atoms with van der Waals surface area (Å²) < 4.78 is 1.41. The quantitative estimate of drug-likeness (QED) is 0.579. The highest BCUT2D eigenvalue weighted by Crippen LogP contribution is 2.35. The van der Waals surface area contributed by atoms with Gasteiger partial charge >= 0.3 is 5.97 Å². The zero-order valence-electron chi connectivity index (χ0n) is 20.1. The summed E-state index contributed by atoms with van der Waals surface area (Å²) in [4.78, 5) is 36.6. The molecule has 3 aromatic rings. The van der Waals surface area contributed by atoms with Crippen molar-refractivity contribution in [3.8, 4) is 6.07 Å². The van der Waals surface area contributed by atoms with Crippen molar-refractivity contribution in [2.75, 3.05) is 18.0 Å². The van der Waals surface area contributed by atoms with Crippen LogP contribution in [0.3, 0.4) is 0 Å². The van der Waals surface area contributed by atoms with E-state index >= 15 is 0 Å². The number of aryl methyl sites for hydroxylation is 1. The van der Waals surface area contributed by atoms with E-state index in [0.717, 1.165) is 5.56 Å². The molecular weight excluding hydrogens is 444 g/mol. The van der Waals surface area contributed by atoms with Crippen LogP contribution in [0, 0.1) is 17.9 Å². The van der Waals surface area contributed by atoms with Gasteiger partial charge in [0.05, 0.1) is 11.1 Å². The second kappa shape index (κ2) is 9.21. The van der Waals surface area contributed by atoms with Crippen LogP contribution in [0.15, 0.2) is 41.2 Å². The van der Waals surface area contributed by atoms with Crippen molar-refractivity contribution in [2.45, 2.75) is 38.9 Å². The van der Waals surface area contributed by atoms with E-state index in [1.165, 1.54) is 4.57 Å². The van der Waals surface area contributed by atoms with E-state index in [2.05, 4.69) is 39.5 Å². The van der Waals surface area contributed by atoms with Gasteiger partial charge in [-0.2, -0.15) is 5.26 Å². The van der Waals surface area contributed by atoms with Crippen LogP contribution in [0.4, 0.5) is 11.5 Å². The predicted octanol–water partition coefficient (Wildman–Crippen LogP) is 3.71. The number of piperazine rings is 1. The number of nitrogens with zero attached hydrogens (tertiary/aromatic N) is 6. The Morgan fingerprint density at radius 1 is 1.20 bits per heavy atom. The maximum absolute atomic E-state index is 13.0. The molecule has 2 aromatic heterocycles. The number of aromatic nitrogens is 2. The molecule has 1 saturated heterocycles. The summed E-state index contributed by atoms with van der Waals surface area (Å²) in [6, 6.07) is 12.3. The maximum atomic E-state index is 13.0. The molecule has 1 fully saturated rings. The summed E-state index contributed by atoms with van der Waals surface area (Å²) in [5.41, 5.74) is 2.43. The van der Waals surface area contributed by atoms with Gasteiger partial charge in [0.25, 0.3) is 11.4 Å². The first-order valence-corrected chi connectivity index (χ1v) is 11.3. The van der Waals surface area contributed by atoms with Gasteiger partial charge in [0.1, 0.15) is 17.3 Å². The first-order valence-electron chi connectivity index (χ1n) is 11.3. The molecule has 1 aliphatic heterocycles. The fourth-order valence-electron chi connectivity index (χ4n) is 4.93. The molecule has 3 heterocycles. The summed E-state index contributed by atoms with van der Waals surface area (Å²) in [6.45, 7) is 14.8. The molecule has 1 aromatic carbocycles. The molecule has 0 spiro atoms. The predicted molar refractivity (Wildman–Crippen MR) is 133 cm³/mol. The van der Waals surface area contributed by atoms with Gasteiger partial charge in [-0.15, -0.1) is 4.98 Å². The third-order valence-corrected chi connectivity index (χ3v) is 6.89. The Morgan fingerprint density at radius 2 is 1.89 bits per heavy atom. The van der Waals surface area contributed by atoms with E-state index in [1.807, 2.05) is 19.1 Å². The average molecular weight is 471 g/mol. The van der Waals surface area contributed by atoms with Crippen molar-refractivity contribution in [1.29, 1.82) is 5.26 Å². The third-order valence-electron chi connectivity index (χ3n) is 6.89. The number of hydrogen-bond acceptors (Lipinski definition) is 6. The Balaban J connectivity index is 1.73. The average Bonchev–Trinajstić information content (AvgIpc) is 2.86. The highest BCUT2D eigenvalue weighted by Gasteiger charge is 2.36. The molecule has 1 aliphatic rings. The van der Waals surface area contributed by atoms with Crippen LogP contribution in [-0.4, -0.2) is 50.7 Å². The minimum Gasteiger partial charge on any atom is -0.478 e. The monoisotopic (exact) mass is 470 g/mol. The number of anilines is 1. The lowest BCUT2D eigenvalue weighted by molar-refractivity contribution is 0.0696. The number of carboxylic acid groups (broad SMARTS) is 1. The lowest BCUT2D eigenvalue weighted by Gasteiger charge is -2.47. The highest BCUT2D eigenvalue weighted by atomic mass is 16.4. The van der Waals surface area contributed by atoms with Crippen LogP contribution in [0.2, 0.25) is 0 Å². The lowest BCUT2D eigenvalue weighted by Crippen LogP contribution is -2.57. The van der Waals surface area contributed by atoms with Gasteiger partial charge < -0.3 is 19.4 Å². The normalized spacial score (nSPS) is 19.2. The molecule has 4 rings (SSSR count). The van der Waals surface area contributed by atoms with Crippen LogP contribution in [0.1, 0.15) is 48.3 Å². The summed E-state index contributed by atoms with van der Waals surface area (Å²) in [5.74, 6) is -0.747. The molecule has 0 aliphatic carbocycles. The molecule has 9 nitrogen and oxygen atoms in total. The topological polar surface area (TPSA) is 107 Å². The Hall–Kier alpha value is -4.21. The first kappa shape index (κ1) is 23.9. The number of carboxylic acids is 1. The van der Waals surface area contributed by atoms with E-state index in [0.29, 0.717) is 29.8 Å². The van der Waals surface area contributed by atoms with Gasteiger partial charge in [-0.3, -0.25) is 9.69 Å². The van der Waals surface area contributed by atoms with Gasteiger partial charge in [0, 0.05) is 38.3 Å². The largest absolute Gasteiger partial charge is 0.478 e. The van der Waals surface area contributed by atoms with Crippen molar-refractivity contribution in [3.63, 3.8) is 0 Å². The third kappa shape index (κ3) is 4.11. The number of pyridine rings is 2. The smallest absolute Gasteiger partial charge is 0.335 e. The lowest BCUT2D eigenvalue weighted by atomic mass is 9.98. The fraction of sp³-hybridized carbons (Fsp3) is 0.346. The van der Waals surface area contributed by atoms with Crippen LogP contribution in [-0.2, 0) is 7.05 Å². The molecule has 35 heavy (non-hydrogen) atoms. The summed E-state index contributed by atoms with van der Waals surface area (Å²) in [7, 11) is 1.61. The maximum Gasteiger partial charge on any atom is 0.335 e. The summed E-state index contributed by atoms with van der Waals surface area (Å²) in [5, 5.41) is 19.1. The second-order valence-electron chi connectivity index (χ2n) is 9.00. The van der Waals surface area contributed by atoms with E-state index < -0.39 is 5.97 Å². The number of carbonyl (C=O) groups is 1. The molecule has 178 valence electrons. The van der Waals surface area contributed by atoms with Crippen molar-refractivity contribution < 1.29 is 9.90 Å². The Morgan fingerprint density at radius 3 is 2.49 bits per heavy atom. The van der Waals surface area contributed by atoms with Crippen molar-refractivity contribution in [1.82, 2.24) is 14.5 Å². The number of benzene rings is 1. The Bertz CT molecular complexity index is 1450. The summed E-state index contributed by atoms with van der Waals surface area (Å²) >= 11 is 0. The minimum absolute atomic E-state index is 0.0273. The zero-order valence-corrected chi connectivity index (χ0v) is 20.1. The van der Waals surface area contributed by atoms with Gasteiger partial charge in [0.15, 0.2) is 0 Å². The minimum atomic E-state index is -0.954. The van der Waals surface area contributed by atoms with Gasteiger partial charge in [-0.05, 0) is 50.6 Å². The number of aromatic carboxylic acids is 1. The standard InChI is InChI=1S/C26H26N6O3/c1-15-14-32(16(2)13-31(15)17(3)18-6-8-19(9-7-18)26(34)35)24-20(12-27)25(33)30(5)21-10-11-22(28-4)29-23(21)24/h6-11,15-17H,13-14H2,1-3,5H3,(H,34,35)/t15-,16+,17?/m1/s1. The Kier molecular flexibility index (Phi) is 6.29. The SMILES string of the molecule is [C-]#[N+]c1ccc2c(n1)c(N1C[C@@H](C)N(C(C)c3ccc(C(=O)O)cc3)C[C@@H]1C)c(C#N)c(=O)n2C. The van der Waals surface area contributed by atoms with Crippen LogP contribution >= 0.6 is 0 Å². The second-order valence-corrected chi connectivity index (χ2v) is 9.00. The van der Waals surface area contributed by atoms with Gasteiger partial charge in [0.2, 0.25) is 5.52 Å². The number of nitriles is 1. The number of fused-ring (bicyclic) bond motifs is 1. The molecule has 0 bridgehead atoms. The van der Waals surface area contributed by atoms with Crippen molar-refractivity contribution in [3.05, 3.63) is 74.9 Å². The molecule has 3 atom stereocenters. The molecule has 9 heteroatoms. The Labute approximate surface area is 203 Å². The molecule has 0 saturated carbocycles. The zero-order chi connectivity index (χ0) is 25.4. The number of rotatable bonds is 4. The molecule has 0 radical (unpaired) electrons. The molecule has 0 amide bonds. The van der Waals surface area contributed by atoms with E-state index in [9.17, 15) is 20.0 Å². The van der Waals surface area contributed by atoms with Crippen LogP contribution < -0.4 is 10.5 Å². The fourth-order valence-corrected chi connectivity index (χ4v) is 4.93. The van der Waals surface area contributed by atoms with E-state index in [1.54, 1.807) is 31.3 Å². The molecular formula is C26H26N6O3. The number of hydrogen-bond donors (Lipinski definition) is 1. The highest BCUT2D eigenvalue weighted by molar-refractivity contribution is 5.93. The molecule has 1 N–H and O–H groups in total. The molecule has 1 unspecified atom stereocenters. The van der Waals surface area contributed by atoms with Gasteiger partial charge in [-0.1, -0.05) is 18.7 Å². The van der Waals surface area contributed by atoms with E-state index in [-0.39, 0.29) is 40.6 Å². The van der Waals surface area contributed by atoms with Gasteiger partial charge in [-0.25, -0.2) is 4.79 Å². The van der Waals surface area contributed by atoms with E-state index in [4.69, 9.17) is 6.57 Å². The van der Waals surface area contributed by atoms with Crippen LogP contribution in [0.5, 0.6) is 0 Å².